The van der Waals surface area contributed by atoms with Crippen LogP contribution in [0, 0.1) is 6.92 Å². The Bertz CT molecular complexity index is 1070. The van der Waals surface area contributed by atoms with E-state index >= 15 is 0 Å². The van der Waals surface area contributed by atoms with E-state index in [9.17, 15) is 14.4 Å². The van der Waals surface area contributed by atoms with Gasteiger partial charge in [-0.2, -0.15) is 0 Å². The smallest absolute Gasteiger partial charge is 0.410 e. The Hall–Kier alpha value is -3.75. The molecule has 1 aliphatic heterocycles. The van der Waals surface area contributed by atoms with Crippen molar-refractivity contribution in [3.63, 3.8) is 0 Å². The second-order valence-electron chi connectivity index (χ2n) is 9.53. The molecular formula is C27H35N3O6. The lowest BCUT2D eigenvalue weighted by Crippen LogP contribution is -2.50. The molecule has 0 spiro atoms. The molecule has 2 amide bonds. The van der Waals surface area contributed by atoms with Gasteiger partial charge in [0.2, 0.25) is 0 Å². The number of carbonyl (C=O) groups excluding carboxylic acids is 3. The van der Waals surface area contributed by atoms with Gasteiger partial charge in [0.15, 0.2) is 6.61 Å². The van der Waals surface area contributed by atoms with Gasteiger partial charge < -0.3 is 29.3 Å². The molecule has 2 aromatic rings. The molecule has 1 saturated heterocycles. The van der Waals surface area contributed by atoms with Crippen LogP contribution in [0.4, 0.5) is 16.2 Å². The quantitative estimate of drug-likeness (QED) is 0.571. The lowest BCUT2D eigenvalue weighted by atomic mass is 10.1. The summed E-state index contributed by atoms with van der Waals surface area (Å²) >= 11 is 0. The van der Waals surface area contributed by atoms with Crippen LogP contribution < -0.4 is 15.0 Å². The van der Waals surface area contributed by atoms with Crippen LogP contribution in [0.3, 0.4) is 0 Å². The van der Waals surface area contributed by atoms with E-state index in [4.69, 9.17) is 14.2 Å². The average Bonchev–Trinajstić information content (AvgIpc) is 2.83. The van der Waals surface area contributed by atoms with Crippen molar-refractivity contribution in [3.05, 3.63) is 53.6 Å². The molecule has 9 nitrogen and oxygen atoms in total. The molecule has 0 bridgehead atoms. The summed E-state index contributed by atoms with van der Waals surface area (Å²) in [4.78, 5) is 40.4. The van der Waals surface area contributed by atoms with Crippen LogP contribution in [0.2, 0.25) is 0 Å². The van der Waals surface area contributed by atoms with Crippen molar-refractivity contribution in [1.82, 2.24) is 4.90 Å². The van der Waals surface area contributed by atoms with Crippen LogP contribution in [0.15, 0.2) is 42.5 Å². The topological polar surface area (TPSA) is 97.4 Å². The van der Waals surface area contributed by atoms with Gasteiger partial charge in [-0.05, 0) is 82.6 Å². The Balaban J connectivity index is 1.52. The molecule has 1 heterocycles. The summed E-state index contributed by atoms with van der Waals surface area (Å²) in [5.41, 5.74) is 2.44. The van der Waals surface area contributed by atoms with E-state index in [1.807, 2.05) is 39.8 Å². The fourth-order valence-electron chi connectivity index (χ4n) is 3.73. The van der Waals surface area contributed by atoms with Gasteiger partial charge in [-0.25, -0.2) is 9.59 Å². The summed E-state index contributed by atoms with van der Waals surface area (Å²) in [6.07, 6.45) is -0.289. The molecule has 0 radical (unpaired) electrons. The highest BCUT2D eigenvalue weighted by molar-refractivity contribution is 6.04. The number of carbonyl (C=O) groups is 3. The Morgan fingerprint density at radius 1 is 0.972 bits per heavy atom. The van der Waals surface area contributed by atoms with Gasteiger partial charge in [0.1, 0.15) is 11.4 Å². The highest BCUT2D eigenvalue weighted by Gasteiger charge is 2.26. The van der Waals surface area contributed by atoms with Crippen molar-refractivity contribution in [3.8, 4) is 5.75 Å². The van der Waals surface area contributed by atoms with Crippen LogP contribution in [0.1, 0.15) is 43.6 Å². The number of hydrogen-bond acceptors (Lipinski definition) is 7. The van der Waals surface area contributed by atoms with E-state index < -0.39 is 11.6 Å². The summed E-state index contributed by atoms with van der Waals surface area (Å²) < 4.78 is 15.8. The van der Waals surface area contributed by atoms with Crippen LogP contribution in [-0.4, -0.2) is 67.9 Å². The zero-order valence-electron chi connectivity index (χ0n) is 21.6. The first-order valence-electron chi connectivity index (χ1n) is 12.1. The van der Waals surface area contributed by atoms with E-state index in [2.05, 4.69) is 10.2 Å². The van der Waals surface area contributed by atoms with Gasteiger partial charge in [0.25, 0.3) is 5.91 Å². The zero-order chi connectivity index (χ0) is 26.3. The second kappa shape index (κ2) is 11.8. The first kappa shape index (κ1) is 26.8. The normalized spacial score (nSPS) is 13.7. The number of nitrogens with zero attached hydrogens (tertiary/aromatic N) is 2. The molecule has 0 unspecified atom stereocenters. The lowest BCUT2D eigenvalue weighted by molar-refractivity contribution is -0.145. The standard InChI is InChI=1S/C27H35N3O6/c1-6-34-24(31)18-35-23-12-9-21(17-19(23)2)28-25(32)20-7-10-22(11-8-20)29-13-15-30(16-14-29)26(33)36-27(3,4)5/h7-12,17H,6,13-16,18H2,1-5H3,(H,28,32). The van der Waals surface area contributed by atoms with Gasteiger partial charge in [0, 0.05) is 43.1 Å². The van der Waals surface area contributed by atoms with E-state index in [1.165, 1.54) is 0 Å². The molecular weight excluding hydrogens is 462 g/mol. The highest BCUT2D eigenvalue weighted by atomic mass is 16.6. The van der Waals surface area contributed by atoms with Crippen LogP contribution >= 0.6 is 0 Å². The minimum Gasteiger partial charge on any atom is -0.482 e. The fourth-order valence-corrected chi connectivity index (χ4v) is 3.73. The number of amides is 2. The molecule has 9 heteroatoms. The lowest BCUT2D eigenvalue weighted by Gasteiger charge is -2.36. The number of rotatable bonds is 7. The molecule has 3 rings (SSSR count). The molecule has 0 aliphatic carbocycles. The van der Waals surface area contributed by atoms with Crippen molar-refractivity contribution in [2.75, 3.05) is 49.6 Å². The summed E-state index contributed by atoms with van der Waals surface area (Å²) in [5, 5.41) is 2.89. The van der Waals surface area contributed by atoms with Crippen molar-refractivity contribution in [1.29, 1.82) is 0 Å². The average molecular weight is 498 g/mol. The Kier molecular flexibility index (Phi) is 8.79. The third-order valence-corrected chi connectivity index (χ3v) is 5.51. The molecule has 36 heavy (non-hydrogen) atoms. The van der Waals surface area contributed by atoms with Crippen molar-refractivity contribution in [2.45, 2.75) is 40.2 Å². The van der Waals surface area contributed by atoms with Gasteiger partial charge >= 0.3 is 12.1 Å². The molecule has 2 aromatic carbocycles. The Morgan fingerprint density at radius 2 is 1.64 bits per heavy atom. The van der Waals surface area contributed by atoms with E-state index in [0.29, 0.717) is 49.8 Å². The summed E-state index contributed by atoms with van der Waals surface area (Å²) in [5.74, 6) is -0.101. The maximum atomic E-state index is 12.7. The second-order valence-corrected chi connectivity index (χ2v) is 9.53. The van der Waals surface area contributed by atoms with E-state index in [1.54, 1.807) is 42.2 Å². The third-order valence-electron chi connectivity index (χ3n) is 5.51. The number of piperazine rings is 1. The number of hydrogen-bond donors (Lipinski definition) is 1. The number of aryl methyl sites for hydroxylation is 1. The molecule has 1 fully saturated rings. The van der Waals surface area contributed by atoms with Crippen molar-refractivity contribution in [2.24, 2.45) is 0 Å². The fraction of sp³-hybridized carbons (Fsp3) is 0.444. The number of esters is 1. The maximum absolute atomic E-state index is 12.7. The van der Waals surface area contributed by atoms with Crippen LogP contribution in [0.5, 0.6) is 5.75 Å². The third kappa shape index (κ3) is 7.63. The van der Waals surface area contributed by atoms with Crippen LogP contribution in [-0.2, 0) is 14.3 Å². The molecule has 1 aliphatic rings. The van der Waals surface area contributed by atoms with E-state index in [0.717, 1.165) is 11.3 Å². The predicted octanol–water partition coefficient (Wildman–Crippen LogP) is 4.25. The minimum absolute atomic E-state index is 0.164. The molecule has 0 aromatic heterocycles. The van der Waals surface area contributed by atoms with Gasteiger partial charge in [0.05, 0.1) is 6.61 Å². The summed E-state index contributed by atoms with van der Waals surface area (Å²) in [6.45, 7) is 11.8. The Morgan fingerprint density at radius 3 is 2.22 bits per heavy atom. The first-order chi connectivity index (χ1) is 17.1. The summed E-state index contributed by atoms with van der Waals surface area (Å²) in [6, 6.07) is 12.6. The monoisotopic (exact) mass is 497 g/mol. The number of benzene rings is 2. The number of ether oxygens (including phenoxy) is 3. The zero-order valence-corrected chi connectivity index (χ0v) is 21.6. The van der Waals surface area contributed by atoms with Gasteiger partial charge in [-0.1, -0.05) is 0 Å². The molecule has 1 N–H and O–H groups in total. The first-order valence-corrected chi connectivity index (χ1v) is 12.1. The largest absolute Gasteiger partial charge is 0.482 e. The summed E-state index contributed by atoms with van der Waals surface area (Å²) in [7, 11) is 0. The van der Waals surface area contributed by atoms with Crippen LogP contribution in [0.25, 0.3) is 0 Å². The van der Waals surface area contributed by atoms with E-state index in [-0.39, 0.29) is 18.6 Å². The van der Waals surface area contributed by atoms with Crippen molar-refractivity contribution < 1.29 is 28.6 Å². The molecule has 194 valence electrons. The highest BCUT2D eigenvalue weighted by Crippen LogP contribution is 2.23. The maximum Gasteiger partial charge on any atom is 0.410 e. The number of anilines is 2. The van der Waals surface area contributed by atoms with Gasteiger partial charge in [-0.15, -0.1) is 0 Å². The SMILES string of the molecule is CCOC(=O)COc1ccc(NC(=O)c2ccc(N3CCN(C(=O)OC(C)(C)C)CC3)cc2)cc1C. The Labute approximate surface area is 212 Å². The molecule has 0 atom stereocenters. The number of nitrogens with one attached hydrogen (secondary N) is 1. The minimum atomic E-state index is -0.511. The van der Waals surface area contributed by atoms with Crippen molar-refractivity contribution >= 4 is 29.3 Å². The predicted molar refractivity (Wildman–Crippen MR) is 138 cm³/mol. The molecule has 0 saturated carbocycles. The van der Waals surface area contributed by atoms with Gasteiger partial charge in [-0.3, -0.25) is 4.79 Å².